The van der Waals surface area contributed by atoms with Gasteiger partial charge in [0.25, 0.3) is 0 Å². The number of carboxylic acid groups (broad SMARTS) is 1. The molecule has 4 nitrogen and oxygen atoms in total. The number of carbonyl (C=O) groups is 2. The minimum absolute atomic E-state index is 0.196. The fraction of sp³-hybridized carbons (Fsp3) is 0.231. The molecule has 0 aliphatic rings. The summed E-state index contributed by atoms with van der Waals surface area (Å²) >= 11 is 0. The highest BCUT2D eigenvalue weighted by molar-refractivity contribution is 6.01. The predicted octanol–water partition coefficient (Wildman–Crippen LogP) is 2.73. The standard InChI is InChI=1S/C13H13NO3/c1-8(2)14-6-10(7-15)11-5-9(13(16)17)3-4-12(11)14/h3-8H,1-2H3,(H,16,17). The van der Waals surface area contributed by atoms with Crippen LogP contribution in [0.5, 0.6) is 0 Å². The van der Waals surface area contributed by atoms with Gasteiger partial charge in [0, 0.05) is 28.7 Å². The number of aldehydes is 1. The van der Waals surface area contributed by atoms with Gasteiger partial charge in [-0.25, -0.2) is 4.79 Å². The van der Waals surface area contributed by atoms with Crippen LogP contribution in [0.15, 0.2) is 24.4 Å². The van der Waals surface area contributed by atoms with Crippen LogP contribution in [0, 0.1) is 0 Å². The van der Waals surface area contributed by atoms with Crippen LogP contribution in [0.2, 0.25) is 0 Å². The number of benzene rings is 1. The molecule has 0 aliphatic carbocycles. The lowest BCUT2D eigenvalue weighted by Crippen LogP contribution is -1.99. The van der Waals surface area contributed by atoms with Crippen molar-refractivity contribution >= 4 is 23.2 Å². The number of carbonyl (C=O) groups excluding carboxylic acids is 1. The SMILES string of the molecule is CC(C)n1cc(C=O)c2cc(C(=O)O)ccc21. The number of nitrogens with zero attached hydrogens (tertiary/aromatic N) is 1. The van der Waals surface area contributed by atoms with Gasteiger partial charge in [0.2, 0.25) is 0 Å². The molecule has 0 bridgehead atoms. The highest BCUT2D eigenvalue weighted by Gasteiger charge is 2.12. The summed E-state index contributed by atoms with van der Waals surface area (Å²) in [6.45, 7) is 4.03. The number of aromatic nitrogens is 1. The number of hydrogen-bond acceptors (Lipinski definition) is 2. The molecule has 0 saturated carbocycles. The van der Waals surface area contributed by atoms with E-state index in [4.69, 9.17) is 5.11 Å². The van der Waals surface area contributed by atoms with E-state index < -0.39 is 5.97 Å². The molecule has 0 radical (unpaired) electrons. The van der Waals surface area contributed by atoms with E-state index in [2.05, 4.69) is 0 Å². The second-order valence-corrected chi connectivity index (χ2v) is 4.24. The molecule has 0 spiro atoms. The third-order valence-electron chi connectivity index (χ3n) is 2.79. The highest BCUT2D eigenvalue weighted by atomic mass is 16.4. The van der Waals surface area contributed by atoms with E-state index in [9.17, 15) is 9.59 Å². The third kappa shape index (κ3) is 1.82. The van der Waals surface area contributed by atoms with Gasteiger partial charge in [0.1, 0.15) is 0 Å². The first-order valence-electron chi connectivity index (χ1n) is 5.37. The summed E-state index contributed by atoms with van der Waals surface area (Å²) in [5.41, 5.74) is 1.60. The van der Waals surface area contributed by atoms with E-state index in [1.54, 1.807) is 24.4 Å². The van der Waals surface area contributed by atoms with Crippen LogP contribution in [0.25, 0.3) is 10.9 Å². The molecule has 2 rings (SSSR count). The van der Waals surface area contributed by atoms with E-state index >= 15 is 0 Å². The van der Waals surface area contributed by atoms with Gasteiger partial charge in [0.05, 0.1) is 5.56 Å². The summed E-state index contributed by atoms with van der Waals surface area (Å²) in [7, 11) is 0. The van der Waals surface area contributed by atoms with Crippen molar-refractivity contribution in [1.29, 1.82) is 0 Å². The van der Waals surface area contributed by atoms with Gasteiger partial charge < -0.3 is 9.67 Å². The molecule has 2 aromatic rings. The molecule has 0 unspecified atom stereocenters. The summed E-state index contributed by atoms with van der Waals surface area (Å²) in [6, 6.07) is 5.06. The second kappa shape index (κ2) is 4.05. The van der Waals surface area contributed by atoms with E-state index in [-0.39, 0.29) is 11.6 Å². The lowest BCUT2D eigenvalue weighted by Gasteiger charge is -2.08. The van der Waals surface area contributed by atoms with E-state index in [1.165, 1.54) is 0 Å². The van der Waals surface area contributed by atoms with Crippen molar-refractivity contribution < 1.29 is 14.7 Å². The largest absolute Gasteiger partial charge is 0.478 e. The van der Waals surface area contributed by atoms with E-state index in [0.29, 0.717) is 10.9 Å². The Bertz CT molecular complexity index is 596. The van der Waals surface area contributed by atoms with Gasteiger partial charge in [-0.2, -0.15) is 0 Å². The molecule has 88 valence electrons. The number of carboxylic acids is 1. The Kier molecular flexibility index (Phi) is 2.71. The smallest absolute Gasteiger partial charge is 0.335 e. The van der Waals surface area contributed by atoms with Gasteiger partial charge in [0.15, 0.2) is 6.29 Å². The fourth-order valence-electron chi connectivity index (χ4n) is 1.94. The molecule has 0 aliphatic heterocycles. The minimum Gasteiger partial charge on any atom is -0.478 e. The molecule has 1 N–H and O–H groups in total. The monoisotopic (exact) mass is 231 g/mol. The zero-order valence-electron chi connectivity index (χ0n) is 9.68. The lowest BCUT2D eigenvalue weighted by molar-refractivity contribution is 0.0697. The first kappa shape index (κ1) is 11.4. The maximum absolute atomic E-state index is 11.0. The van der Waals surface area contributed by atoms with Crippen molar-refractivity contribution in [1.82, 2.24) is 4.57 Å². The van der Waals surface area contributed by atoms with Crippen LogP contribution in [-0.2, 0) is 0 Å². The predicted molar refractivity (Wildman–Crippen MR) is 64.7 cm³/mol. The number of aromatic carboxylic acids is 1. The first-order chi connectivity index (χ1) is 8.04. The Balaban J connectivity index is 2.76. The lowest BCUT2D eigenvalue weighted by atomic mass is 10.1. The van der Waals surface area contributed by atoms with Crippen LogP contribution in [-0.4, -0.2) is 21.9 Å². The van der Waals surface area contributed by atoms with Gasteiger partial charge in [-0.1, -0.05) is 0 Å². The molecule has 0 fully saturated rings. The maximum atomic E-state index is 11.0. The zero-order valence-corrected chi connectivity index (χ0v) is 9.68. The normalized spacial score (nSPS) is 11.0. The van der Waals surface area contributed by atoms with Crippen molar-refractivity contribution in [3.8, 4) is 0 Å². The summed E-state index contributed by atoms with van der Waals surface area (Å²) < 4.78 is 1.96. The molecular formula is C13H13NO3. The number of rotatable bonds is 3. The van der Waals surface area contributed by atoms with Crippen LogP contribution < -0.4 is 0 Å². The molecular weight excluding hydrogens is 218 g/mol. The van der Waals surface area contributed by atoms with Gasteiger partial charge in [-0.05, 0) is 32.0 Å². The number of fused-ring (bicyclic) bond motifs is 1. The number of hydrogen-bond donors (Lipinski definition) is 1. The van der Waals surface area contributed by atoms with Crippen LogP contribution in [0.1, 0.15) is 40.6 Å². The Hall–Kier alpha value is -2.10. The minimum atomic E-state index is -0.985. The second-order valence-electron chi connectivity index (χ2n) is 4.24. The van der Waals surface area contributed by atoms with Crippen LogP contribution >= 0.6 is 0 Å². The Labute approximate surface area is 98.5 Å². The van der Waals surface area contributed by atoms with Crippen molar-refractivity contribution in [2.45, 2.75) is 19.9 Å². The average Bonchev–Trinajstić information content (AvgIpc) is 2.66. The molecule has 0 saturated heterocycles. The molecule has 1 aromatic heterocycles. The topological polar surface area (TPSA) is 59.3 Å². The summed E-state index contributed by atoms with van der Waals surface area (Å²) in [5.74, 6) is -0.985. The van der Waals surface area contributed by atoms with Gasteiger partial charge in [-0.3, -0.25) is 4.79 Å². The van der Waals surface area contributed by atoms with Crippen molar-refractivity contribution in [3.05, 3.63) is 35.5 Å². The molecule has 1 heterocycles. The van der Waals surface area contributed by atoms with Crippen molar-refractivity contribution in [2.24, 2.45) is 0 Å². The van der Waals surface area contributed by atoms with Crippen molar-refractivity contribution in [3.63, 3.8) is 0 Å². The molecule has 0 amide bonds. The van der Waals surface area contributed by atoms with E-state index in [0.717, 1.165) is 11.8 Å². The summed E-state index contributed by atoms with van der Waals surface area (Å²) in [6.07, 6.45) is 2.51. The third-order valence-corrected chi connectivity index (χ3v) is 2.79. The average molecular weight is 231 g/mol. The zero-order chi connectivity index (χ0) is 12.6. The quantitative estimate of drug-likeness (QED) is 0.826. The van der Waals surface area contributed by atoms with Gasteiger partial charge in [-0.15, -0.1) is 0 Å². The highest BCUT2D eigenvalue weighted by Crippen LogP contribution is 2.24. The Morgan fingerprint density at radius 2 is 2.12 bits per heavy atom. The van der Waals surface area contributed by atoms with Crippen LogP contribution in [0.3, 0.4) is 0 Å². The van der Waals surface area contributed by atoms with Crippen molar-refractivity contribution in [2.75, 3.05) is 0 Å². The maximum Gasteiger partial charge on any atom is 0.335 e. The molecule has 1 aromatic carbocycles. The molecule has 0 atom stereocenters. The Morgan fingerprint density at radius 3 is 2.65 bits per heavy atom. The van der Waals surface area contributed by atoms with Crippen LogP contribution in [0.4, 0.5) is 0 Å². The molecule has 4 heteroatoms. The fourth-order valence-corrected chi connectivity index (χ4v) is 1.94. The van der Waals surface area contributed by atoms with Gasteiger partial charge >= 0.3 is 5.97 Å². The molecule has 17 heavy (non-hydrogen) atoms. The summed E-state index contributed by atoms with van der Waals surface area (Å²) in [5, 5.41) is 9.62. The summed E-state index contributed by atoms with van der Waals surface area (Å²) in [4.78, 5) is 21.9. The first-order valence-corrected chi connectivity index (χ1v) is 5.37. The Morgan fingerprint density at radius 1 is 1.41 bits per heavy atom. The van der Waals surface area contributed by atoms with E-state index in [1.807, 2.05) is 18.4 Å².